The van der Waals surface area contributed by atoms with Crippen LogP contribution in [0.25, 0.3) is 0 Å². The van der Waals surface area contributed by atoms with Crippen LogP contribution in [0.1, 0.15) is 15.9 Å². The minimum absolute atomic E-state index is 0.0467. The second kappa shape index (κ2) is 6.88. The first kappa shape index (κ1) is 17.7. The highest BCUT2D eigenvalue weighted by molar-refractivity contribution is 7.91. The average molecular weight is 375 g/mol. The Morgan fingerprint density at radius 3 is 2.65 bits per heavy atom. The number of hydrogen-bond acceptors (Lipinski definition) is 5. The van der Waals surface area contributed by atoms with Crippen molar-refractivity contribution in [1.82, 2.24) is 4.90 Å². The van der Waals surface area contributed by atoms with Gasteiger partial charge >= 0.3 is 0 Å². The van der Waals surface area contributed by atoms with Gasteiger partial charge in [-0.3, -0.25) is 4.79 Å². The summed E-state index contributed by atoms with van der Waals surface area (Å²) in [6, 6.07) is 6.41. The molecule has 2 aromatic rings. The summed E-state index contributed by atoms with van der Waals surface area (Å²) in [5.74, 6) is 0.294. The maximum absolute atomic E-state index is 12.4. The maximum atomic E-state index is 12.4. The number of methoxy groups -OCH3 is 1. The summed E-state index contributed by atoms with van der Waals surface area (Å²) in [6.07, 6.45) is 0. The lowest BCUT2D eigenvalue weighted by molar-refractivity contribution is 0.0784. The normalized spacial score (nSPS) is 11.3. The van der Waals surface area contributed by atoms with Crippen LogP contribution in [0.15, 0.2) is 33.9 Å². The van der Waals surface area contributed by atoms with Crippen LogP contribution in [0.3, 0.4) is 0 Å². The molecule has 0 aliphatic rings. The van der Waals surface area contributed by atoms with Crippen LogP contribution in [0.4, 0.5) is 0 Å². The van der Waals surface area contributed by atoms with Gasteiger partial charge in [-0.2, -0.15) is 0 Å². The number of rotatable bonds is 5. The number of nitrogens with two attached hydrogens (primary N) is 1. The van der Waals surface area contributed by atoms with Crippen molar-refractivity contribution in [3.05, 3.63) is 45.8 Å². The Morgan fingerprint density at radius 2 is 2.09 bits per heavy atom. The molecule has 1 aromatic carbocycles. The van der Waals surface area contributed by atoms with Crippen molar-refractivity contribution in [2.45, 2.75) is 10.8 Å². The molecule has 1 amide bonds. The molecule has 0 unspecified atom stereocenters. The Hall–Kier alpha value is -1.61. The summed E-state index contributed by atoms with van der Waals surface area (Å²) in [5.41, 5.74) is 1.01. The topological polar surface area (TPSA) is 89.7 Å². The Morgan fingerprint density at radius 1 is 1.39 bits per heavy atom. The smallest absolute Gasteiger partial charge is 0.254 e. The number of sulfonamides is 1. The average Bonchev–Trinajstić information content (AvgIpc) is 2.96. The van der Waals surface area contributed by atoms with Gasteiger partial charge in [0.05, 0.1) is 12.7 Å². The third-order valence-corrected chi connectivity index (χ3v) is 5.72. The number of nitrogens with zero attached hydrogens (tertiary/aromatic N) is 1. The summed E-state index contributed by atoms with van der Waals surface area (Å²) < 4.78 is 27.8. The summed E-state index contributed by atoms with van der Waals surface area (Å²) in [6.45, 7) is 0.267. The van der Waals surface area contributed by atoms with E-state index < -0.39 is 10.0 Å². The minimum Gasteiger partial charge on any atom is -0.496 e. The van der Waals surface area contributed by atoms with Gasteiger partial charge in [-0.25, -0.2) is 13.6 Å². The van der Waals surface area contributed by atoms with Crippen LogP contribution in [0.5, 0.6) is 5.75 Å². The number of hydrogen-bond donors (Lipinski definition) is 1. The Kier molecular flexibility index (Phi) is 5.30. The van der Waals surface area contributed by atoms with E-state index in [2.05, 4.69) is 0 Å². The molecule has 2 rings (SSSR count). The molecule has 23 heavy (non-hydrogen) atoms. The van der Waals surface area contributed by atoms with Gasteiger partial charge in [0.25, 0.3) is 5.91 Å². The SMILES string of the molecule is COc1ccc(Cl)cc1CN(C)C(=O)c1csc(S(N)(=O)=O)c1. The molecule has 1 aromatic heterocycles. The van der Waals surface area contributed by atoms with Crippen LogP contribution >= 0.6 is 22.9 Å². The number of ether oxygens (including phenoxy) is 1. The molecule has 0 spiro atoms. The predicted molar refractivity (Wildman–Crippen MR) is 89.5 cm³/mol. The zero-order valence-corrected chi connectivity index (χ0v) is 14.8. The molecule has 9 heteroatoms. The largest absolute Gasteiger partial charge is 0.496 e. The maximum Gasteiger partial charge on any atom is 0.254 e. The van der Waals surface area contributed by atoms with Gasteiger partial charge in [-0.15, -0.1) is 11.3 Å². The van der Waals surface area contributed by atoms with Crippen molar-refractivity contribution in [2.24, 2.45) is 5.14 Å². The van der Waals surface area contributed by atoms with Gasteiger partial charge in [0, 0.05) is 29.6 Å². The summed E-state index contributed by atoms with van der Waals surface area (Å²) in [4.78, 5) is 13.8. The number of carbonyl (C=O) groups is 1. The lowest BCUT2D eigenvalue weighted by Crippen LogP contribution is -2.26. The van der Waals surface area contributed by atoms with E-state index in [1.54, 1.807) is 25.2 Å². The van der Waals surface area contributed by atoms with Gasteiger partial charge in [-0.1, -0.05) is 11.6 Å². The molecule has 0 aliphatic heterocycles. The molecule has 124 valence electrons. The number of halogens is 1. The van der Waals surface area contributed by atoms with E-state index in [1.807, 2.05) is 0 Å². The zero-order valence-electron chi connectivity index (χ0n) is 12.4. The first-order valence-corrected chi connectivity index (χ1v) is 9.22. The van der Waals surface area contributed by atoms with Crippen molar-refractivity contribution < 1.29 is 17.9 Å². The molecule has 0 radical (unpaired) electrons. The molecule has 2 N–H and O–H groups in total. The standard InChI is InChI=1S/C14H15ClN2O4S2/c1-17(7-9-5-11(15)3-4-12(9)21-2)14(18)10-6-13(22-8-10)23(16,19)20/h3-6,8H,7H2,1-2H3,(H2,16,19,20). The van der Waals surface area contributed by atoms with Crippen molar-refractivity contribution in [1.29, 1.82) is 0 Å². The molecular formula is C14H15ClN2O4S2. The Labute approximate surface area is 143 Å². The number of benzene rings is 1. The van der Waals surface area contributed by atoms with Crippen molar-refractivity contribution in [3.63, 3.8) is 0 Å². The fraction of sp³-hybridized carbons (Fsp3) is 0.214. The van der Waals surface area contributed by atoms with Gasteiger partial charge in [0.15, 0.2) is 0 Å². The highest BCUT2D eigenvalue weighted by atomic mass is 35.5. The monoisotopic (exact) mass is 374 g/mol. The van der Waals surface area contributed by atoms with Crippen LogP contribution < -0.4 is 9.88 Å². The molecular weight excluding hydrogens is 360 g/mol. The zero-order chi connectivity index (χ0) is 17.2. The minimum atomic E-state index is -3.81. The lowest BCUT2D eigenvalue weighted by Gasteiger charge is -2.18. The van der Waals surface area contributed by atoms with Crippen LogP contribution in [-0.4, -0.2) is 33.4 Å². The summed E-state index contributed by atoms with van der Waals surface area (Å²) in [7, 11) is -0.664. The van der Waals surface area contributed by atoms with Crippen molar-refractivity contribution in [3.8, 4) is 5.75 Å². The number of carbonyl (C=O) groups excluding carboxylic acids is 1. The molecule has 6 nitrogen and oxygen atoms in total. The first-order chi connectivity index (χ1) is 10.7. The third kappa shape index (κ3) is 4.23. The summed E-state index contributed by atoms with van der Waals surface area (Å²) in [5, 5.41) is 7.05. The molecule has 0 fully saturated rings. The van der Waals surface area contributed by atoms with E-state index in [4.69, 9.17) is 21.5 Å². The van der Waals surface area contributed by atoms with E-state index in [1.165, 1.54) is 23.5 Å². The molecule has 0 saturated carbocycles. The molecule has 0 atom stereocenters. The fourth-order valence-corrected chi connectivity index (χ4v) is 3.77. The number of amides is 1. The van der Waals surface area contributed by atoms with Gasteiger partial charge in [0.2, 0.25) is 10.0 Å². The summed E-state index contributed by atoms with van der Waals surface area (Å²) >= 11 is 6.88. The van der Waals surface area contributed by atoms with Gasteiger partial charge in [0.1, 0.15) is 9.96 Å². The van der Waals surface area contributed by atoms with E-state index in [9.17, 15) is 13.2 Å². The Bertz CT molecular complexity index is 833. The van der Waals surface area contributed by atoms with Gasteiger partial charge in [-0.05, 0) is 24.3 Å². The van der Waals surface area contributed by atoms with Crippen molar-refractivity contribution >= 4 is 38.9 Å². The van der Waals surface area contributed by atoms with E-state index in [-0.39, 0.29) is 22.2 Å². The van der Waals surface area contributed by atoms with E-state index in [0.29, 0.717) is 10.8 Å². The third-order valence-electron chi connectivity index (χ3n) is 3.10. The molecule has 0 bridgehead atoms. The molecule has 0 saturated heterocycles. The molecule has 1 heterocycles. The lowest BCUT2D eigenvalue weighted by atomic mass is 10.2. The van der Waals surface area contributed by atoms with Crippen LogP contribution in [0.2, 0.25) is 5.02 Å². The van der Waals surface area contributed by atoms with Gasteiger partial charge < -0.3 is 9.64 Å². The predicted octanol–water partition coefficient (Wildman–Crippen LogP) is 2.33. The van der Waals surface area contributed by atoms with E-state index in [0.717, 1.165) is 16.9 Å². The fourth-order valence-electron chi connectivity index (χ4n) is 2.00. The van der Waals surface area contributed by atoms with Crippen molar-refractivity contribution in [2.75, 3.05) is 14.2 Å². The van der Waals surface area contributed by atoms with Crippen LogP contribution in [0, 0.1) is 0 Å². The highest BCUT2D eigenvalue weighted by Crippen LogP contribution is 2.25. The highest BCUT2D eigenvalue weighted by Gasteiger charge is 2.19. The number of primary sulfonamides is 1. The second-order valence-electron chi connectivity index (χ2n) is 4.82. The van der Waals surface area contributed by atoms with Crippen LogP contribution in [-0.2, 0) is 16.6 Å². The Balaban J connectivity index is 2.21. The first-order valence-electron chi connectivity index (χ1n) is 6.41. The second-order valence-corrected chi connectivity index (χ2v) is 7.95. The van der Waals surface area contributed by atoms with E-state index >= 15 is 0 Å². The molecule has 0 aliphatic carbocycles. The number of thiophene rings is 1. The quantitative estimate of drug-likeness (QED) is 0.869.